The monoisotopic (exact) mass is 218 g/mol. The first-order valence-corrected chi connectivity index (χ1v) is 4.51. The Hall–Kier alpha value is -0.730. The quantitative estimate of drug-likeness (QED) is 0.848. The molecule has 1 rings (SSSR count). The van der Waals surface area contributed by atoms with E-state index in [1.54, 1.807) is 18.2 Å². The minimum Gasteiger partial charge on any atom is -0.481 e. The van der Waals surface area contributed by atoms with Crippen LogP contribution in [0.4, 0.5) is 0 Å². The first-order chi connectivity index (χ1) is 6.09. The van der Waals surface area contributed by atoms with Gasteiger partial charge in [-0.1, -0.05) is 29.3 Å². The average molecular weight is 219 g/mol. The highest BCUT2D eigenvalue weighted by Crippen LogP contribution is 2.22. The molecule has 2 nitrogen and oxygen atoms in total. The molecule has 0 aliphatic rings. The van der Waals surface area contributed by atoms with Gasteiger partial charge in [-0.25, -0.2) is 0 Å². The molecular weight excluding hydrogens is 211 g/mol. The van der Waals surface area contributed by atoms with Crippen LogP contribution in [0.25, 0.3) is 0 Å². The zero-order valence-electron chi connectivity index (χ0n) is 6.76. The number of benzene rings is 1. The summed E-state index contributed by atoms with van der Waals surface area (Å²) in [6.45, 7) is 0. The van der Waals surface area contributed by atoms with Crippen LogP contribution >= 0.6 is 23.2 Å². The van der Waals surface area contributed by atoms with E-state index < -0.39 is 5.97 Å². The summed E-state index contributed by atoms with van der Waals surface area (Å²) in [5, 5.41) is 9.39. The SMILES string of the molecule is O=C(O)CCc1ccc(Cl)c(Cl)c1. The minimum atomic E-state index is -0.814. The van der Waals surface area contributed by atoms with Crippen LogP contribution < -0.4 is 0 Å². The van der Waals surface area contributed by atoms with E-state index in [-0.39, 0.29) is 6.42 Å². The molecule has 0 spiro atoms. The van der Waals surface area contributed by atoms with Gasteiger partial charge in [0.05, 0.1) is 10.0 Å². The lowest BCUT2D eigenvalue weighted by atomic mass is 10.1. The van der Waals surface area contributed by atoms with Crippen molar-refractivity contribution < 1.29 is 9.90 Å². The Labute approximate surface area is 86.1 Å². The predicted octanol–water partition coefficient (Wildman–Crippen LogP) is 3.01. The van der Waals surface area contributed by atoms with Crippen LogP contribution in [0.2, 0.25) is 10.0 Å². The molecule has 1 aromatic carbocycles. The molecule has 0 saturated heterocycles. The Balaban J connectivity index is 2.68. The van der Waals surface area contributed by atoms with Crippen LogP contribution in [0, 0.1) is 0 Å². The van der Waals surface area contributed by atoms with Crippen LogP contribution in [0.15, 0.2) is 18.2 Å². The third-order valence-corrected chi connectivity index (χ3v) is 2.35. The van der Waals surface area contributed by atoms with Crippen molar-refractivity contribution in [3.05, 3.63) is 33.8 Å². The second-order valence-electron chi connectivity index (χ2n) is 2.64. The van der Waals surface area contributed by atoms with Gasteiger partial charge in [0.15, 0.2) is 0 Å². The van der Waals surface area contributed by atoms with Crippen molar-refractivity contribution >= 4 is 29.2 Å². The van der Waals surface area contributed by atoms with Gasteiger partial charge in [-0.3, -0.25) is 4.79 Å². The first kappa shape index (κ1) is 10.4. The number of carboxylic acid groups (broad SMARTS) is 1. The lowest BCUT2D eigenvalue weighted by molar-refractivity contribution is -0.136. The van der Waals surface area contributed by atoms with Crippen LogP contribution in [0.1, 0.15) is 12.0 Å². The van der Waals surface area contributed by atoms with E-state index in [2.05, 4.69) is 0 Å². The van der Waals surface area contributed by atoms with Crippen LogP contribution in [-0.4, -0.2) is 11.1 Å². The summed E-state index contributed by atoms with van der Waals surface area (Å²) >= 11 is 11.4. The Morgan fingerprint density at radius 1 is 1.31 bits per heavy atom. The molecule has 1 aromatic rings. The summed E-state index contributed by atoms with van der Waals surface area (Å²) in [5.74, 6) is -0.814. The Kier molecular flexibility index (Phi) is 3.58. The molecular formula is C9H8Cl2O2. The molecule has 0 radical (unpaired) electrons. The summed E-state index contributed by atoms with van der Waals surface area (Å²) in [6.07, 6.45) is 0.587. The van der Waals surface area contributed by atoms with Gasteiger partial charge in [-0.15, -0.1) is 0 Å². The molecule has 0 atom stereocenters. The number of halogens is 2. The van der Waals surface area contributed by atoms with Crippen LogP contribution in [0.3, 0.4) is 0 Å². The number of hydrogen-bond donors (Lipinski definition) is 1. The van der Waals surface area contributed by atoms with Crippen LogP contribution in [-0.2, 0) is 11.2 Å². The van der Waals surface area contributed by atoms with Gasteiger partial charge in [-0.05, 0) is 24.1 Å². The fourth-order valence-corrected chi connectivity index (χ4v) is 1.27. The molecule has 4 heteroatoms. The maximum atomic E-state index is 10.3. The van der Waals surface area contributed by atoms with Crippen molar-refractivity contribution in [2.45, 2.75) is 12.8 Å². The molecule has 0 fully saturated rings. The number of aliphatic carboxylic acids is 1. The smallest absolute Gasteiger partial charge is 0.303 e. The van der Waals surface area contributed by atoms with E-state index in [1.807, 2.05) is 0 Å². The van der Waals surface area contributed by atoms with Gasteiger partial charge >= 0.3 is 5.97 Å². The zero-order chi connectivity index (χ0) is 9.84. The average Bonchev–Trinajstić information content (AvgIpc) is 2.07. The van der Waals surface area contributed by atoms with Crippen molar-refractivity contribution in [1.82, 2.24) is 0 Å². The van der Waals surface area contributed by atoms with Gasteiger partial charge in [0.1, 0.15) is 0 Å². The molecule has 0 aliphatic heterocycles. The number of hydrogen-bond acceptors (Lipinski definition) is 1. The predicted molar refractivity (Wildman–Crippen MR) is 52.4 cm³/mol. The maximum absolute atomic E-state index is 10.3. The highest BCUT2D eigenvalue weighted by atomic mass is 35.5. The van der Waals surface area contributed by atoms with E-state index >= 15 is 0 Å². The van der Waals surface area contributed by atoms with Gasteiger partial charge in [0.25, 0.3) is 0 Å². The van der Waals surface area contributed by atoms with E-state index in [9.17, 15) is 4.79 Å². The van der Waals surface area contributed by atoms with E-state index in [1.165, 1.54) is 0 Å². The number of carbonyl (C=O) groups is 1. The summed E-state index contributed by atoms with van der Waals surface area (Å²) in [7, 11) is 0. The number of rotatable bonds is 3. The molecule has 0 amide bonds. The van der Waals surface area contributed by atoms with E-state index in [4.69, 9.17) is 28.3 Å². The zero-order valence-corrected chi connectivity index (χ0v) is 8.27. The second kappa shape index (κ2) is 4.49. The summed E-state index contributed by atoms with van der Waals surface area (Å²) in [6, 6.07) is 5.13. The molecule has 0 heterocycles. The lowest BCUT2D eigenvalue weighted by Crippen LogP contribution is -1.97. The standard InChI is InChI=1S/C9H8Cl2O2/c10-7-3-1-6(5-8(7)11)2-4-9(12)13/h1,3,5H,2,4H2,(H,12,13). The van der Waals surface area contributed by atoms with Crippen LogP contribution in [0.5, 0.6) is 0 Å². The van der Waals surface area contributed by atoms with E-state index in [0.29, 0.717) is 16.5 Å². The minimum absolute atomic E-state index is 0.109. The lowest BCUT2D eigenvalue weighted by Gasteiger charge is -2.00. The topological polar surface area (TPSA) is 37.3 Å². The van der Waals surface area contributed by atoms with Crippen molar-refractivity contribution in [3.63, 3.8) is 0 Å². The highest BCUT2D eigenvalue weighted by molar-refractivity contribution is 6.42. The number of aryl methyl sites for hydroxylation is 1. The van der Waals surface area contributed by atoms with Gasteiger partial charge in [0, 0.05) is 6.42 Å². The third kappa shape index (κ3) is 3.25. The summed E-state index contributed by atoms with van der Waals surface area (Å²) < 4.78 is 0. The number of carboxylic acids is 1. The van der Waals surface area contributed by atoms with E-state index in [0.717, 1.165) is 5.56 Å². The Morgan fingerprint density at radius 2 is 2.00 bits per heavy atom. The molecule has 1 N–H and O–H groups in total. The fraction of sp³-hybridized carbons (Fsp3) is 0.222. The fourth-order valence-electron chi connectivity index (χ4n) is 0.946. The highest BCUT2D eigenvalue weighted by Gasteiger charge is 2.01. The molecule has 0 aromatic heterocycles. The molecule has 70 valence electrons. The molecule has 0 saturated carbocycles. The Bertz CT molecular complexity index is 323. The normalized spacial score (nSPS) is 10.0. The van der Waals surface area contributed by atoms with Crippen molar-refractivity contribution in [2.24, 2.45) is 0 Å². The third-order valence-electron chi connectivity index (χ3n) is 1.61. The summed E-state index contributed by atoms with van der Waals surface area (Å²) in [4.78, 5) is 10.3. The van der Waals surface area contributed by atoms with Crippen molar-refractivity contribution in [2.75, 3.05) is 0 Å². The first-order valence-electron chi connectivity index (χ1n) is 3.75. The van der Waals surface area contributed by atoms with Gasteiger partial charge in [0.2, 0.25) is 0 Å². The molecule has 0 aliphatic carbocycles. The van der Waals surface area contributed by atoms with Crippen molar-refractivity contribution in [1.29, 1.82) is 0 Å². The maximum Gasteiger partial charge on any atom is 0.303 e. The largest absolute Gasteiger partial charge is 0.481 e. The molecule has 0 bridgehead atoms. The molecule has 0 unspecified atom stereocenters. The second-order valence-corrected chi connectivity index (χ2v) is 3.46. The van der Waals surface area contributed by atoms with Gasteiger partial charge < -0.3 is 5.11 Å². The van der Waals surface area contributed by atoms with Gasteiger partial charge in [-0.2, -0.15) is 0 Å². The van der Waals surface area contributed by atoms with Crippen molar-refractivity contribution in [3.8, 4) is 0 Å². The Morgan fingerprint density at radius 3 is 2.54 bits per heavy atom. The summed E-state index contributed by atoms with van der Waals surface area (Å²) in [5.41, 5.74) is 0.886. The molecule has 13 heavy (non-hydrogen) atoms.